The zero-order valence-corrected chi connectivity index (χ0v) is 12.0. The van der Waals surface area contributed by atoms with Gasteiger partial charge in [-0.3, -0.25) is 0 Å². The highest BCUT2D eigenvalue weighted by atomic mass is 35.5. The monoisotopic (exact) mass is 281 g/mol. The fourth-order valence-corrected chi connectivity index (χ4v) is 2.79. The molecule has 2 rings (SSSR count). The van der Waals surface area contributed by atoms with Crippen molar-refractivity contribution in [2.75, 3.05) is 11.9 Å². The third kappa shape index (κ3) is 3.22. The fraction of sp³-hybridized carbons (Fsp3) is 0.308. The van der Waals surface area contributed by atoms with Gasteiger partial charge in [0.25, 0.3) is 0 Å². The zero-order valence-electron chi connectivity index (χ0n) is 10.4. The number of hydrogen-bond acceptors (Lipinski definition) is 4. The maximum absolute atomic E-state index is 5.92. The standard InChI is InChI=1S/C13H16ClN3S/c1-9(15)10-3-6-13(16-7-10)17(2)8-11-4-5-12(14)18-11/h3-7,9H,8,15H2,1-2H3/t9-/m0/s1. The number of nitrogens with two attached hydrogens (primary N) is 1. The van der Waals surface area contributed by atoms with E-state index in [1.54, 1.807) is 11.3 Å². The first-order valence-electron chi connectivity index (χ1n) is 5.73. The summed E-state index contributed by atoms with van der Waals surface area (Å²) in [6, 6.07) is 7.99. The Kier molecular flexibility index (Phi) is 4.22. The van der Waals surface area contributed by atoms with Crippen LogP contribution >= 0.6 is 22.9 Å². The Morgan fingerprint density at radius 3 is 2.67 bits per heavy atom. The molecule has 0 spiro atoms. The molecule has 0 saturated carbocycles. The van der Waals surface area contributed by atoms with E-state index in [1.165, 1.54) is 4.88 Å². The molecule has 18 heavy (non-hydrogen) atoms. The third-order valence-electron chi connectivity index (χ3n) is 2.71. The quantitative estimate of drug-likeness (QED) is 0.933. The van der Waals surface area contributed by atoms with Crippen LogP contribution in [-0.2, 0) is 6.54 Å². The lowest BCUT2D eigenvalue weighted by Gasteiger charge is -2.17. The first-order chi connectivity index (χ1) is 8.56. The summed E-state index contributed by atoms with van der Waals surface area (Å²) in [7, 11) is 2.02. The van der Waals surface area contributed by atoms with Crippen molar-refractivity contribution in [2.24, 2.45) is 5.73 Å². The van der Waals surface area contributed by atoms with Crippen LogP contribution in [0.2, 0.25) is 4.34 Å². The van der Waals surface area contributed by atoms with Crippen LogP contribution in [0.4, 0.5) is 5.82 Å². The van der Waals surface area contributed by atoms with E-state index in [-0.39, 0.29) is 6.04 Å². The number of thiophene rings is 1. The highest BCUT2D eigenvalue weighted by Crippen LogP contribution is 2.24. The molecule has 2 aromatic rings. The molecule has 0 fully saturated rings. The Bertz CT molecular complexity index is 507. The predicted octanol–water partition coefficient (Wildman–Crippen LogP) is 3.45. The van der Waals surface area contributed by atoms with Gasteiger partial charge in [-0.1, -0.05) is 17.7 Å². The van der Waals surface area contributed by atoms with Crippen molar-refractivity contribution in [1.82, 2.24) is 4.98 Å². The van der Waals surface area contributed by atoms with Crippen LogP contribution in [0.15, 0.2) is 30.5 Å². The zero-order chi connectivity index (χ0) is 13.1. The first kappa shape index (κ1) is 13.3. The Morgan fingerprint density at radius 1 is 1.39 bits per heavy atom. The van der Waals surface area contributed by atoms with Crippen molar-refractivity contribution in [3.63, 3.8) is 0 Å². The summed E-state index contributed by atoms with van der Waals surface area (Å²) in [5.74, 6) is 0.934. The molecule has 0 saturated heterocycles. The van der Waals surface area contributed by atoms with Gasteiger partial charge in [0.2, 0.25) is 0 Å². The maximum atomic E-state index is 5.92. The highest BCUT2D eigenvalue weighted by molar-refractivity contribution is 7.16. The van der Waals surface area contributed by atoms with Crippen LogP contribution in [0.1, 0.15) is 23.4 Å². The molecule has 96 valence electrons. The molecule has 2 N–H and O–H groups in total. The minimum Gasteiger partial charge on any atom is -0.355 e. The normalized spacial score (nSPS) is 12.4. The molecule has 0 aromatic carbocycles. The molecule has 2 aromatic heterocycles. The number of aromatic nitrogens is 1. The van der Waals surface area contributed by atoms with Crippen molar-refractivity contribution < 1.29 is 0 Å². The van der Waals surface area contributed by atoms with Gasteiger partial charge in [0.1, 0.15) is 5.82 Å². The number of pyridine rings is 1. The molecule has 2 heterocycles. The second-order valence-electron chi connectivity index (χ2n) is 4.30. The van der Waals surface area contributed by atoms with E-state index >= 15 is 0 Å². The largest absolute Gasteiger partial charge is 0.355 e. The summed E-state index contributed by atoms with van der Waals surface area (Å²) in [5.41, 5.74) is 6.85. The molecule has 0 unspecified atom stereocenters. The molecular weight excluding hydrogens is 266 g/mol. The van der Waals surface area contributed by atoms with E-state index in [2.05, 4.69) is 9.88 Å². The van der Waals surface area contributed by atoms with Gasteiger partial charge in [0.15, 0.2) is 0 Å². The summed E-state index contributed by atoms with van der Waals surface area (Å²) in [6.45, 7) is 2.76. The van der Waals surface area contributed by atoms with E-state index in [1.807, 2.05) is 44.4 Å². The average molecular weight is 282 g/mol. The Morgan fingerprint density at radius 2 is 2.17 bits per heavy atom. The molecule has 5 heteroatoms. The van der Waals surface area contributed by atoms with E-state index in [0.29, 0.717) is 0 Å². The number of nitrogens with zero attached hydrogens (tertiary/aromatic N) is 2. The number of anilines is 1. The fourth-order valence-electron chi connectivity index (χ4n) is 1.64. The van der Waals surface area contributed by atoms with Gasteiger partial charge < -0.3 is 10.6 Å². The second-order valence-corrected chi connectivity index (χ2v) is 6.10. The van der Waals surface area contributed by atoms with Crippen LogP contribution in [-0.4, -0.2) is 12.0 Å². The van der Waals surface area contributed by atoms with Gasteiger partial charge in [-0.05, 0) is 30.7 Å². The number of rotatable bonds is 4. The lowest BCUT2D eigenvalue weighted by atomic mass is 10.1. The predicted molar refractivity (Wildman–Crippen MR) is 78.3 cm³/mol. The van der Waals surface area contributed by atoms with Crippen LogP contribution in [0.5, 0.6) is 0 Å². The van der Waals surface area contributed by atoms with E-state index in [0.717, 1.165) is 22.3 Å². The van der Waals surface area contributed by atoms with Gasteiger partial charge in [0, 0.05) is 24.2 Å². The van der Waals surface area contributed by atoms with Crippen molar-refractivity contribution in [3.05, 3.63) is 45.2 Å². The van der Waals surface area contributed by atoms with E-state index < -0.39 is 0 Å². The minimum absolute atomic E-state index is 0.0213. The Balaban J connectivity index is 2.06. The summed E-state index contributed by atoms with van der Waals surface area (Å²) in [5, 5.41) is 0. The Labute approximate surface area is 116 Å². The molecule has 0 amide bonds. The number of hydrogen-bond donors (Lipinski definition) is 1. The topological polar surface area (TPSA) is 42.1 Å². The van der Waals surface area contributed by atoms with Crippen molar-refractivity contribution in [1.29, 1.82) is 0 Å². The molecule has 1 atom stereocenters. The van der Waals surface area contributed by atoms with Crippen LogP contribution in [0.3, 0.4) is 0 Å². The lowest BCUT2D eigenvalue weighted by molar-refractivity contribution is 0.807. The van der Waals surface area contributed by atoms with Crippen LogP contribution in [0, 0.1) is 0 Å². The van der Waals surface area contributed by atoms with Gasteiger partial charge in [-0.25, -0.2) is 4.98 Å². The second kappa shape index (κ2) is 5.69. The summed E-state index contributed by atoms with van der Waals surface area (Å²) < 4.78 is 0.818. The molecule has 0 aliphatic heterocycles. The van der Waals surface area contributed by atoms with Gasteiger partial charge >= 0.3 is 0 Å². The van der Waals surface area contributed by atoms with Crippen molar-refractivity contribution in [2.45, 2.75) is 19.5 Å². The molecule has 0 aliphatic carbocycles. The van der Waals surface area contributed by atoms with Crippen molar-refractivity contribution >= 4 is 28.8 Å². The molecule has 0 radical (unpaired) electrons. The van der Waals surface area contributed by atoms with Crippen LogP contribution in [0.25, 0.3) is 0 Å². The van der Waals surface area contributed by atoms with Gasteiger partial charge in [0.05, 0.1) is 10.9 Å². The Hall–Kier alpha value is -1.10. The third-order valence-corrected chi connectivity index (χ3v) is 3.93. The smallest absolute Gasteiger partial charge is 0.128 e. The van der Waals surface area contributed by atoms with Gasteiger partial charge in [-0.2, -0.15) is 0 Å². The average Bonchev–Trinajstić information content (AvgIpc) is 2.75. The number of halogens is 1. The molecule has 3 nitrogen and oxygen atoms in total. The van der Waals surface area contributed by atoms with Crippen LogP contribution < -0.4 is 10.6 Å². The van der Waals surface area contributed by atoms with E-state index in [4.69, 9.17) is 17.3 Å². The molecule has 0 bridgehead atoms. The molecule has 0 aliphatic rings. The highest BCUT2D eigenvalue weighted by Gasteiger charge is 2.06. The summed E-state index contributed by atoms with van der Waals surface area (Å²) in [4.78, 5) is 7.73. The van der Waals surface area contributed by atoms with E-state index in [9.17, 15) is 0 Å². The SMILES string of the molecule is C[C@H](N)c1ccc(N(C)Cc2ccc(Cl)s2)nc1. The first-order valence-corrected chi connectivity index (χ1v) is 6.92. The lowest BCUT2D eigenvalue weighted by Crippen LogP contribution is -2.17. The minimum atomic E-state index is 0.0213. The molecular formula is C13H16ClN3S. The van der Waals surface area contributed by atoms with Gasteiger partial charge in [-0.15, -0.1) is 11.3 Å². The van der Waals surface area contributed by atoms with Crippen molar-refractivity contribution in [3.8, 4) is 0 Å². The maximum Gasteiger partial charge on any atom is 0.128 e. The summed E-state index contributed by atoms with van der Waals surface area (Å²) >= 11 is 7.51. The summed E-state index contributed by atoms with van der Waals surface area (Å²) in [6.07, 6.45) is 1.83.